The number of aliphatic hydroxyl groups is 10. The molecule has 4 aliphatic heterocycles. The molecule has 8 rings (SSSR count). The van der Waals surface area contributed by atoms with Gasteiger partial charge in [0.1, 0.15) is 48.8 Å². The van der Waals surface area contributed by atoms with Crippen molar-refractivity contribution in [2.75, 3.05) is 19.8 Å². The third-order valence-electron chi connectivity index (χ3n) is 16.5. The molecular formula is C39H64O16. The maximum atomic E-state index is 12.4. The highest BCUT2D eigenvalue weighted by Gasteiger charge is 2.73. The normalized spacial score (nSPS) is 60.3. The second kappa shape index (κ2) is 14.2. The Morgan fingerprint density at radius 2 is 1.35 bits per heavy atom. The topological polar surface area (TPSA) is 258 Å². The molecule has 1 spiro atoms. The van der Waals surface area contributed by atoms with Crippen LogP contribution in [-0.2, 0) is 28.4 Å². The lowest BCUT2D eigenvalue weighted by Crippen LogP contribution is -2.68. The molecule has 0 bridgehead atoms. The third-order valence-corrected chi connectivity index (χ3v) is 16.5. The minimum Gasteiger partial charge on any atom is -0.394 e. The summed E-state index contributed by atoms with van der Waals surface area (Å²) in [5, 5.41) is 106. The maximum absolute atomic E-state index is 12.4. The highest BCUT2D eigenvalue weighted by atomic mass is 16.7. The Morgan fingerprint density at radius 1 is 0.709 bits per heavy atom. The minimum atomic E-state index is -1.58. The quantitative estimate of drug-likeness (QED) is 0.134. The van der Waals surface area contributed by atoms with E-state index < -0.39 is 109 Å². The standard InChI is InChI=1S/C39H64O16/c1-17-26-22(54-39(17)10-9-35(2,55-39)16-50-33-31(47)29(45)27(43)23(14-40)52-33)12-21-19-5-8-38(49)13-18(51-34-32(48)30(46)28(44)24(15-41)53-34)11-25(42)37(38,4)20(19)6-7-36(21,26)3/h17-34,40-49H,5-16H2,1-4H3/t17-,18+,19+,20-,21-,22-,23+,24+,25+,26-,27+,28+,29-,30-,31+,32+,33+,34+,35-,36-,37-,38-,39-/m0/s1. The van der Waals surface area contributed by atoms with Crippen molar-refractivity contribution in [3.05, 3.63) is 0 Å². The van der Waals surface area contributed by atoms with E-state index in [1.54, 1.807) is 0 Å². The Morgan fingerprint density at radius 3 is 2.00 bits per heavy atom. The Bertz CT molecular complexity index is 1410. The summed E-state index contributed by atoms with van der Waals surface area (Å²) in [5.74, 6) is 0.118. The minimum absolute atomic E-state index is 0.0290. The summed E-state index contributed by atoms with van der Waals surface area (Å²) in [7, 11) is 0. The molecular weight excluding hydrogens is 724 g/mol. The van der Waals surface area contributed by atoms with Crippen LogP contribution in [0.5, 0.6) is 0 Å². The number of ether oxygens (including phenoxy) is 6. The Labute approximate surface area is 321 Å². The first-order chi connectivity index (χ1) is 25.8. The van der Waals surface area contributed by atoms with Gasteiger partial charge in [-0.3, -0.25) is 0 Å². The zero-order valence-electron chi connectivity index (χ0n) is 32.3. The van der Waals surface area contributed by atoms with Crippen LogP contribution in [0.2, 0.25) is 0 Å². The van der Waals surface area contributed by atoms with Crippen LogP contribution < -0.4 is 0 Å². The SMILES string of the molecule is C[C@H]1[C@H]2[C@H](C[C@H]3[C@@H]4CC[C@]5(O)C[C@H](O[C@@H]6O[C@H](CO)[C@@H](O)[C@H](O)[C@H]6O)C[C@@H](O)[C@]5(C)[C@H]4CC[C@]23C)O[C@]12CC[C@@](C)(CO[C@@H]1O[C@H](CO)[C@@H](O)[C@H](O)[C@H]1O)O2. The molecule has 4 heterocycles. The molecule has 4 saturated heterocycles. The van der Waals surface area contributed by atoms with Crippen LogP contribution in [0.25, 0.3) is 0 Å². The second-order valence-electron chi connectivity index (χ2n) is 19.3. The lowest BCUT2D eigenvalue weighted by atomic mass is 9.42. The summed E-state index contributed by atoms with van der Waals surface area (Å²) in [4.78, 5) is 0. The van der Waals surface area contributed by atoms with Crippen LogP contribution in [-0.4, -0.2) is 168 Å². The van der Waals surface area contributed by atoms with Gasteiger partial charge in [-0.1, -0.05) is 20.8 Å². The summed E-state index contributed by atoms with van der Waals surface area (Å²) in [6, 6.07) is 0. The molecule has 316 valence electrons. The van der Waals surface area contributed by atoms with E-state index in [9.17, 15) is 51.1 Å². The first-order valence-corrected chi connectivity index (χ1v) is 20.5. The maximum Gasteiger partial charge on any atom is 0.186 e. The fourth-order valence-corrected chi connectivity index (χ4v) is 13.4. The summed E-state index contributed by atoms with van der Waals surface area (Å²) in [5.41, 5.74) is -2.88. The van der Waals surface area contributed by atoms with Gasteiger partial charge in [0, 0.05) is 30.6 Å². The summed E-state index contributed by atoms with van der Waals surface area (Å²) in [6.45, 7) is 7.49. The molecule has 10 N–H and O–H groups in total. The fourth-order valence-electron chi connectivity index (χ4n) is 13.4. The number of rotatable bonds is 7. The molecule has 16 heteroatoms. The molecule has 0 aromatic heterocycles. The van der Waals surface area contributed by atoms with E-state index in [4.69, 9.17) is 28.4 Å². The number of hydrogen-bond donors (Lipinski definition) is 10. The Kier molecular flexibility index (Phi) is 10.6. The van der Waals surface area contributed by atoms with Gasteiger partial charge in [-0.15, -0.1) is 0 Å². The van der Waals surface area contributed by atoms with Gasteiger partial charge in [0.25, 0.3) is 0 Å². The van der Waals surface area contributed by atoms with Crippen LogP contribution in [0.3, 0.4) is 0 Å². The summed E-state index contributed by atoms with van der Waals surface area (Å²) in [6.07, 6.45) is -10.0. The molecule has 16 nitrogen and oxygen atoms in total. The molecule has 4 aliphatic carbocycles. The van der Waals surface area contributed by atoms with Crippen molar-refractivity contribution in [3.63, 3.8) is 0 Å². The van der Waals surface area contributed by atoms with Crippen molar-refractivity contribution in [3.8, 4) is 0 Å². The molecule has 23 atom stereocenters. The molecule has 8 aliphatic rings. The van der Waals surface area contributed by atoms with Gasteiger partial charge in [0.15, 0.2) is 18.4 Å². The zero-order chi connectivity index (χ0) is 39.6. The second-order valence-corrected chi connectivity index (χ2v) is 19.3. The van der Waals surface area contributed by atoms with Crippen molar-refractivity contribution in [1.82, 2.24) is 0 Å². The lowest BCUT2D eigenvalue weighted by Gasteiger charge is -2.65. The van der Waals surface area contributed by atoms with Gasteiger partial charge in [-0.05, 0) is 74.5 Å². The Balaban J connectivity index is 0.926. The molecule has 0 aromatic rings. The van der Waals surface area contributed by atoms with Crippen LogP contribution in [0.15, 0.2) is 0 Å². The number of aliphatic hydroxyl groups excluding tert-OH is 9. The van der Waals surface area contributed by atoms with E-state index in [2.05, 4.69) is 13.8 Å². The highest BCUT2D eigenvalue weighted by molar-refractivity contribution is 5.20. The van der Waals surface area contributed by atoms with E-state index in [1.165, 1.54) is 0 Å². The van der Waals surface area contributed by atoms with Gasteiger partial charge < -0.3 is 79.5 Å². The molecule has 8 fully saturated rings. The van der Waals surface area contributed by atoms with Crippen molar-refractivity contribution >= 4 is 0 Å². The lowest BCUT2D eigenvalue weighted by molar-refractivity contribution is -0.330. The third kappa shape index (κ3) is 6.14. The molecule has 0 radical (unpaired) electrons. The molecule has 0 amide bonds. The van der Waals surface area contributed by atoms with Crippen LogP contribution in [0.4, 0.5) is 0 Å². The Hall–Kier alpha value is -0.640. The summed E-state index contributed by atoms with van der Waals surface area (Å²) < 4.78 is 37.0. The van der Waals surface area contributed by atoms with Gasteiger partial charge in [0.05, 0.1) is 49.3 Å². The van der Waals surface area contributed by atoms with Crippen molar-refractivity contribution < 1.29 is 79.5 Å². The van der Waals surface area contributed by atoms with E-state index in [-0.39, 0.29) is 54.6 Å². The molecule has 0 unspecified atom stereocenters. The van der Waals surface area contributed by atoms with E-state index in [0.29, 0.717) is 25.2 Å². The average Bonchev–Trinajstić information content (AvgIpc) is 3.74. The van der Waals surface area contributed by atoms with Crippen molar-refractivity contribution in [2.45, 2.75) is 182 Å². The number of hydrogen-bond acceptors (Lipinski definition) is 16. The average molecular weight is 789 g/mol. The predicted molar refractivity (Wildman–Crippen MR) is 187 cm³/mol. The van der Waals surface area contributed by atoms with Crippen LogP contribution in [0, 0.1) is 40.4 Å². The largest absolute Gasteiger partial charge is 0.394 e. The van der Waals surface area contributed by atoms with Gasteiger partial charge >= 0.3 is 0 Å². The zero-order valence-corrected chi connectivity index (χ0v) is 32.3. The van der Waals surface area contributed by atoms with Crippen molar-refractivity contribution in [2.24, 2.45) is 40.4 Å². The van der Waals surface area contributed by atoms with Gasteiger partial charge in [-0.2, -0.15) is 0 Å². The summed E-state index contributed by atoms with van der Waals surface area (Å²) >= 11 is 0. The van der Waals surface area contributed by atoms with Crippen LogP contribution in [0.1, 0.15) is 85.5 Å². The molecule has 4 saturated carbocycles. The highest BCUT2D eigenvalue weighted by Crippen LogP contribution is 2.72. The predicted octanol–water partition coefficient (Wildman–Crippen LogP) is -1.36. The first kappa shape index (κ1) is 41.1. The van der Waals surface area contributed by atoms with Gasteiger partial charge in [0.2, 0.25) is 0 Å². The van der Waals surface area contributed by atoms with Gasteiger partial charge in [-0.25, -0.2) is 0 Å². The van der Waals surface area contributed by atoms with Crippen molar-refractivity contribution in [1.29, 1.82) is 0 Å². The van der Waals surface area contributed by atoms with E-state index in [1.807, 2.05) is 13.8 Å². The fraction of sp³-hybridized carbons (Fsp3) is 1.00. The molecule has 55 heavy (non-hydrogen) atoms. The smallest absolute Gasteiger partial charge is 0.186 e. The number of fused-ring (bicyclic) bond motifs is 7. The van der Waals surface area contributed by atoms with Crippen LogP contribution >= 0.6 is 0 Å². The van der Waals surface area contributed by atoms with E-state index >= 15 is 0 Å². The molecule has 0 aromatic carbocycles. The van der Waals surface area contributed by atoms with E-state index in [0.717, 1.165) is 25.7 Å². The monoisotopic (exact) mass is 788 g/mol. The first-order valence-electron chi connectivity index (χ1n) is 20.5.